The van der Waals surface area contributed by atoms with Crippen molar-refractivity contribution in [1.82, 2.24) is 0 Å². The number of nitrogens with one attached hydrogen (secondary N) is 1. The van der Waals surface area contributed by atoms with E-state index in [0.29, 0.717) is 19.1 Å². The second-order valence-corrected chi connectivity index (χ2v) is 6.65. The zero-order valence-corrected chi connectivity index (χ0v) is 14.4. The lowest BCUT2D eigenvalue weighted by atomic mass is 10.1. The Balaban J connectivity index is 2.30. The van der Waals surface area contributed by atoms with Crippen molar-refractivity contribution < 1.29 is 9.84 Å². The van der Waals surface area contributed by atoms with Crippen LogP contribution >= 0.6 is 15.9 Å². The fourth-order valence-electron chi connectivity index (χ4n) is 2.06. The molecule has 0 saturated heterocycles. The van der Waals surface area contributed by atoms with Crippen LogP contribution in [0.15, 0.2) is 22.7 Å². The lowest BCUT2D eigenvalue weighted by molar-refractivity contribution is -0.00444. The summed E-state index contributed by atoms with van der Waals surface area (Å²) in [4.78, 5) is 0. The highest BCUT2D eigenvalue weighted by molar-refractivity contribution is 9.10. The van der Waals surface area contributed by atoms with Crippen LogP contribution in [0.3, 0.4) is 0 Å². The predicted molar refractivity (Wildman–Crippen MR) is 88.2 cm³/mol. The highest BCUT2D eigenvalue weighted by Gasteiger charge is 2.10. The molecule has 3 nitrogen and oxygen atoms in total. The van der Waals surface area contributed by atoms with Crippen LogP contribution in [-0.2, 0) is 4.74 Å². The van der Waals surface area contributed by atoms with Gasteiger partial charge >= 0.3 is 0 Å². The van der Waals surface area contributed by atoms with Gasteiger partial charge in [0.15, 0.2) is 0 Å². The number of aliphatic hydroxyl groups excluding tert-OH is 1. The Kier molecular flexibility index (Phi) is 7.56. The summed E-state index contributed by atoms with van der Waals surface area (Å²) < 4.78 is 6.66. The van der Waals surface area contributed by atoms with Gasteiger partial charge < -0.3 is 15.2 Å². The Bertz CT molecular complexity index is 409. The van der Waals surface area contributed by atoms with E-state index >= 15 is 0 Å². The monoisotopic (exact) mass is 343 g/mol. The number of benzene rings is 1. The van der Waals surface area contributed by atoms with Crippen LogP contribution in [0.5, 0.6) is 0 Å². The highest BCUT2D eigenvalue weighted by Crippen LogP contribution is 2.23. The van der Waals surface area contributed by atoms with Gasteiger partial charge in [-0.25, -0.2) is 0 Å². The molecule has 1 aromatic rings. The summed E-state index contributed by atoms with van der Waals surface area (Å²) in [5.74, 6) is 0.615. The molecular weight excluding hydrogens is 318 g/mol. The first-order valence-electron chi connectivity index (χ1n) is 7.18. The standard InChI is InChI=1S/C16H26BrNO2/c1-11(2)7-13(4)20-10-14(19)9-18-16-6-5-12(3)8-15(16)17/h5-6,8,11,13-14,18-19H,7,9-10H2,1-4H3. The molecule has 0 amide bonds. The SMILES string of the molecule is Cc1ccc(NCC(O)COC(C)CC(C)C)c(Br)c1. The van der Waals surface area contributed by atoms with Crippen molar-refractivity contribution in [2.75, 3.05) is 18.5 Å². The molecule has 0 aromatic heterocycles. The van der Waals surface area contributed by atoms with Crippen LogP contribution in [0.2, 0.25) is 0 Å². The van der Waals surface area contributed by atoms with E-state index in [1.165, 1.54) is 5.56 Å². The van der Waals surface area contributed by atoms with Crippen molar-refractivity contribution in [2.24, 2.45) is 5.92 Å². The van der Waals surface area contributed by atoms with Gasteiger partial charge in [-0.05, 0) is 59.8 Å². The maximum absolute atomic E-state index is 9.94. The molecule has 0 radical (unpaired) electrons. The summed E-state index contributed by atoms with van der Waals surface area (Å²) in [5, 5.41) is 13.2. The summed E-state index contributed by atoms with van der Waals surface area (Å²) in [6, 6.07) is 6.10. The van der Waals surface area contributed by atoms with Gasteiger partial charge in [0.1, 0.15) is 0 Å². The number of anilines is 1. The van der Waals surface area contributed by atoms with E-state index in [2.05, 4.69) is 48.1 Å². The van der Waals surface area contributed by atoms with Gasteiger partial charge in [0.25, 0.3) is 0 Å². The second kappa shape index (κ2) is 8.65. The number of aryl methyl sites for hydroxylation is 1. The van der Waals surface area contributed by atoms with Crippen molar-refractivity contribution >= 4 is 21.6 Å². The van der Waals surface area contributed by atoms with E-state index in [1.807, 2.05) is 19.1 Å². The minimum atomic E-state index is -0.502. The van der Waals surface area contributed by atoms with Gasteiger partial charge in [-0.3, -0.25) is 0 Å². The van der Waals surface area contributed by atoms with Crippen molar-refractivity contribution in [3.05, 3.63) is 28.2 Å². The quantitative estimate of drug-likeness (QED) is 0.749. The first-order valence-corrected chi connectivity index (χ1v) is 7.97. The molecule has 0 spiro atoms. The summed E-state index contributed by atoms with van der Waals surface area (Å²) in [7, 11) is 0. The Hall–Kier alpha value is -0.580. The van der Waals surface area contributed by atoms with Crippen LogP contribution in [0.1, 0.15) is 32.8 Å². The minimum Gasteiger partial charge on any atom is -0.389 e. The normalized spacial score (nSPS) is 14.3. The van der Waals surface area contributed by atoms with Gasteiger partial charge in [-0.1, -0.05) is 19.9 Å². The molecule has 1 aromatic carbocycles. The molecule has 1 rings (SSSR count). The number of hydrogen-bond donors (Lipinski definition) is 2. The fourth-order valence-corrected chi connectivity index (χ4v) is 2.69. The number of halogens is 1. The maximum Gasteiger partial charge on any atom is 0.0945 e. The fraction of sp³-hybridized carbons (Fsp3) is 0.625. The number of rotatable bonds is 8. The molecule has 0 heterocycles. The van der Waals surface area contributed by atoms with Crippen LogP contribution in [0, 0.1) is 12.8 Å². The van der Waals surface area contributed by atoms with E-state index in [0.717, 1.165) is 16.6 Å². The number of ether oxygens (including phenoxy) is 1. The van der Waals surface area contributed by atoms with Gasteiger partial charge in [0.05, 0.1) is 18.8 Å². The van der Waals surface area contributed by atoms with E-state index in [4.69, 9.17) is 4.74 Å². The molecule has 0 aliphatic rings. The Morgan fingerprint density at radius 1 is 1.30 bits per heavy atom. The third-order valence-electron chi connectivity index (χ3n) is 3.03. The van der Waals surface area contributed by atoms with E-state index in [9.17, 15) is 5.11 Å². The van der Waals surface area contributed by atoms with Gasteiger partial charge in [0.2, 0.25) is 0 Å². The van der Waals surface area contributed by atoms with Crippen molar-refractivity contribution in [1.29, 1.82) is 0 Å². The smallest absolute Gasteiger partial charge is 0.0945 e. The van der Waals surface area contributed by atoms with Crippen molar-refractivity contribution in [2.45, 2.75) is 46.3 Å². The third-order valence-corrected chi connectivity index (χ3v) is 3.69. The van der Waals surface area contributed by atoms with Crippen molar-refractivity contribution in [3.63, 3.8) is 0 Å². The van der Waals surface area contributed by atoms with Gasteiger partial charge in [-0.2, -0.15) is 0 Å². The van der Waals surface area contributed by atoms with Crippen molar-refractivity contribution in [3.8, 4) is 0 Å². The summed E-state index contributed by atoms with van der Waals surface area (Å²) in [6.07, 6.45) is 0.706. The summed E-state index contributed by atoms with van der Waals surface area (Å²) in [5.41, 5.74) is 2.19. The Morgan fingerprint density at radius 2 is 2.00 bits per heavy atom. The van der Waals surface area contributed by atoms with Gasteiger partial charge in [0, 0.05) is 16.7 Å². The molecule has 2 atom stereocenters. The van der Waals surface area contributed by atoms with E-state index < -0.39 is 6.10 Å². The van der Waals surface area contributed by atoms with Gasteiger partial charge in [-0.15, -0.1) is 0 Å². The Morgan fingerprint density at radius 3 is 2.60 bits per heavy atom. The highest BCUT2D eigenvalue weighted by atomic mass is 79.9. The molecule has 0 saturated carbocycles. The lowest BCUT2D eigenvalue weighted by Gasteiger charge is -2.19. The summed E-state index contributed by atoms with van der Waals surface area (Å²) in [6.45, 7) is 9.30. The predicted octanol–water partition coefficient (Wildman–Crippen LogP) is 3.98. The molecule has 0 aliphatic heterocycles. The second-order valence-electron chi connectivity index (χ2n) is 5.79. The average Bonchev–Trinajstić information content (AvgIpc) is 2.34. The van der Waals surface area contributed by atoms with E-state index in [-0.39, 0.29) is 6.10 Å². The van der Waals surface area contributed by atoms with E-state index in [1.54, 1.807) is 0 Å². The van der Waals surface area contributed by atoms with Crippen LogP contribution in [0.4, 0.5) is 5.69 Å². The molecule has 2 unspecified atom stereocenters. The molecule has 0 fully saturated rings. The zero-order chi connectivity index (χ0) is 15.1. The maximum atomic E-state index is 9.94. The topological polar surface area (TPSA) is 41.5 Å². The minimum absolute atomic E-state index is 0.191. The zero-order valence-electron chi connectivity index (χ0n) is 12.8. The van der Waals surface area contributed by atoms with Crippen LogP contribution in [0.25, 0.3) is 0 Å². The van der Waals surface area contributed by atoms with Crippen LogP contribution < -0.4 is 5.32 Å². The molecule has 114 valence electrons. The van der Waals surface area contributed by atoms with Crippen LogP contribution in [-0.4, -0.2) is 30.5 Å². The third kappa shape index (κ3) is 6.73. The first kappa shape index (κ1) is 17.5. The molecule has 2 N–H and O–H groups in total. The molecular formula is C16H26BrNO2. The lowest BCUT2D eigenvalue weighted by Crippen LogP contribution is -2.27. The first-order chi connectivity index (χ1) is 9.38. The average molecular weight is 344 g/mol. The number of aliphatic hydroxyl groups is 1. The molecule has 0 aliphatic carbocycles. The Labute approximate surface area is 130 Å². The molecule has 4 heteroatoms. The largest absolute Gasteiger partial charge is 0.389 e. The summed E-state index contributed by atoms with van der Waals surface area (Å²) >= 11 is 3.51. The number of hydrogen-bond acceptors (Lipinski definition) is 3. The molecule has 0 bridgehead atoms. The molecule has 20 heavy (non-hydrogen) atoms.